The Hall–Kier alpha value is -1.78. The lowest BCUT2D eigenvalue weighted by Crippen LogP contribution is -2.30. The summed E-state index contributed by atoms with van der Waals surface area (Å²) >= 11 is 0. The van der Waals surface area contributed by atoms with Gasteiger partial charge in [-0.05, 0) is 37.3 Å². The molecule has 0 heterocycles. The lowest BCUT2D eigenvalue weighted by molar-refractivity contribution is -0.383. The van der Waals surface area contributed by atoms with Gasteiger partial charge in [-0.15, -0.1) is 0 Å². The molecule has 1 unspecified atom stereocenters. The Balaban J connectivity index is 2.18. The zero-order valence-corrected chi connectivity index (χ0v) is 12.0. The third kappa shape index (κ3) is 3.21. The lowest BCUT2D eigenvalue weighted by atomic mass is 9.83. The molecule has 5 nitrogen and oxygen atoms in total. The van der Waals surface area contributed by atoms with Crippen LogP contribution in [0.15, 0.2) is 18.2 Å². The molecule has 20 heavy (non-hydrogen) atoms. The first kappa shape index (κ1) is 14.6. The zero-order valence-electron chi connectivity index (χ0n) is 12.0. The fraction of sp³-hybridized carbons (Fsp3) is 0.600. The van der Waals surface area contributed by atoms with Gasteiger partial charge in [-0.25, -0.2) is 0 Å². The summed E-state index contributed by atoms with van der Waals surface area (Å²) in [5, 5.41) is 14.5. The molecule has 1 fully saturated rings. The quantitative estimate of drug-likeness (QED) is 0.485. The van der Waals surface area contributed by atoms with Gasteiger partial charge in [-0.2, -0.15) is 0 Å². The molecule has 0 aromatic heterocycles. The predicted molar refractivity (Wildman–Crippen MR) is 81.8 cm³/mol. The van der Waals surface area contributed by atoms with Crippen LogP contribution in [0.5, 0.6) is 0 Å². The van der Waals surface area contributed by atoms with E-state index in [1.807, 2.05) is 0 Å². The topological polar surface area (TPSA) is 81.2 Å². The van der Waals surface area contributed by atoms with Crippen LogP contribution in [-0.2, 0) is 0 Å². The van der Waals surface area contributed by atoms with Gasteiger partial charge in [-0.3, -0.25) is 10.1 Å². The SMILES string of the molecule is CCC(Nc1cccc(N)c1[N+](=O)[O-])C1CCCCC1. The van der Waals surface area contributed by atoms with Crippen molar-refractivity contribution in [1.82, 2.24) is 0 Å². The van der Waals surface area contributed by atoms with Gasteiger partial charge < -0.3 is 11.1 Å². The lowest BCUT2D eigenvalue weighted by Gasteiger charge is -2.31. The molecule has 1 aromatic carbocycles. The highest BCUT2D eigenvalue weighted by molar-refractivity contribution is 5.74. The minimum absolute atomic E-state index is 0.00163. The van der Waals surface area contributed by atoms with Crippen molar-refractivity contribution < 1.29 is 4.92 Å². The number of nitrogens with one attached hydrogen (secondary N) is 1. The number of hydrogen-bond acceptors (Lipinski definition) is 4. The molecular formula is C15H23N3O2. The van der Waals surface area contributed by atoms with Crippen molar-refractivity contribution in [2.75, 3.05) is 11.1 Å². The molecule has 3 N–H and O–H groups in total. The Kier molecular flexibility index (Phi) is 4.82. The number of hydrogen-bond donors (Lipinski definition) is 2. The third-order valence-corrected chi connectivity index (χ3v) is 4.25. The van der Waals surface area contributed by atoms with E-state index in [2.05, 4.69) is 12.2 Å². The van der Waals surface area contributed by atoms with E-state index in [4.69, 9.17) is 5.73 Å². The number of para-hydroxylation sites is 1. The number of nitrogen functional groups attached to an aromatic ring is 1. The van der Waals surface area contributed by atoms with Crippen LogP contribution >= 0.6 is 0 Å². The number of nitrogens with zero attached hydrogens (tertiary/aromatic N) is 1. The van der Waals surface area contributed by atoms with E-state index < -0.39 is 4.92 Å². The van der Waals surface area contributed by atoms with Crippen molar-refractivity contribution >= 4 is 17.1 Å². The molecule has 0 radical (unpaired) electrons. The highest BCUT2D eigenvalue weighted by atomic mass is 16.6. The van der Waals surface area contributed by atoms with Gasteiger partial charge in [0.05, 0.1) is 4.92 Å². The average Bonchev–Trinajstić information content (AvgIpc) is 2.45. The first-order valence-electron chi connectivity index (χ1n) is 7.43. The van der Waals surface area contributed by atoms with Crippen molar-refractivity contribution in [3.63, 3.8) is 0 Å². The van der Waals surface area contributed by atoms with Gasteiger partial charge in [0.1, 0.15) is 11.4 Å². The summed E-state index contributed by atoms with van der Waals surface area (Å²) in [7, 11) is 0. The number of nitro benzene ring substituents is 1. The van der Waals surface area contributed by atoms with Gasteiger partial charge in [0, 0.05) is 6.04 Å². The number of anilines is 2. The van der Waals surface area contributed by atoms with Crippen molar-refractivity contribution in [2.45, 2.75) is 51.5 Å². The van der Waals surface area contributed by atoms with Gasteiger partial charge >= 0.3 is 5.69 Å². The van der Waals surface area contributed by atoms with Gasteiger partial charge in [0.2, 0.25) is 0 Å². The summed E-state index contributed by atoms with van der Waals surface area (Å²) in [4.78, 5) is 10.8. The van der Waals surface area contributed by atoms with Crippen molar-refractivity contribution in [1.29, 1.82) is 0 Å². The zero-order chi connectivity index (χ0) is 14.5. The Morgan fingerprint density at radius 1 is 1.40 bits per heavy atom. The van der Waals surface area contributed by atoms with E-state index in [-0.39, 0.29) is 17.4 Å². The smallest absolute Gasteiger partial charge is 0.314 e. The fourth-order valence-corrected chi connectivity index (χ4v) is 3.17. The summed E-state index contributed by atoms with van der Waals surface area (Å²) in [6, 6.07) is 5.37. The molecule has 5 heteroatoms. The minimum atomic E-state index is -0.398. The minimum Gasteiger partial charge on any atom is -0.393 e. The van der Waals surface area contributed by atoms with Crippen LogP contribution in [0, 0.1) is 16.0 Å². The van der Waals surface area contributed by atoms with E-state index >= 15 is 0 Å². The second-order valence-electron chi connectivity index (χ2n) is 5.56. The first-order chi connectivity index (χ1) is 9.63. The summed E-state index contributed by atoms with van der Waals surface area (Å²) in [6.07, 6.45) is 7.23. The predicted octanol–water partition coefficient (Wildman–Crippen LogP) is 3.95. The van der Waals surface area contributed by atoms with Crippen LogP contribution in [0.4, 0.5) is 17.1 Å². The van der Waals surface area contributed by atoms with Gasteiger partial charge in [0.25, 0.3) is 0 Å². The second-order valence-corrected chi connectivity index (χ2v) is 5.56. The fourth-order valence-electron chi connectivity index (χ4n) is 3.17. The molecule has 1 aliphatic carbocycles. The second kappa shape index (κ2) is 6.59. The van der Waals surface area contributed by atoms with E-state index in [1.165, 1.54) is 32.1 Å². The summed E-state index contributed by atoms with van der Waals surface area (Å²) < 4.78 is 0. The molecule has 1 saturated carbocycles. The number of nitrogens with two attached hydrogens (primary N) is 1. The maximum Gasteiger partial charge on any atom is 0.314 e. The van der Waals surface area contributed by atoms with Crippen LogP contribution < -0.4 is 11.1 Å². The molecule has 0 spiro atoms. The van der Waals surface area contributed by atoms with E-state index in [1.54, 1.807) is 18.2 Å². The first-order valence-corrected chi connectivity index (χ1v) is 7.43. The largest absolute Gasteiger partial charge is 0.393 e. The molecule has 2 rings (SSSR count). The van der Waals surface area contributed by atoms with Crippen LogP contribution in [-0.4, -0.2) is 11.0 Å². The summed E-state index contributed by atoms with van der Waals surface area (Å²) in [5.41, 5.74) is 6.51. The Morgan fingerprint density at radius 2 is 2.10 bits per heavy atom. The Bertz CT molecular complexity index is 470. The molecule has 110 valence electrons. The van der Waals surface area contributed by atoms with Crippen LogP contribution in [0.2, 0.25) is 0 Å². The maximum absolute atomic E-state index is 11.2. The number of benzene rings is 1. The molecule has 0 amide bonds. The van der Waals surface area contributed by atoms with Gasteiger partial charge in [0.15, 0.2) is 0 Å². The van der Waals surface area contributed by atoms with Crippen LogP contribution in [0.3, 0.4) is 0 Å². The van der Waals surface area contributed by atoms with E-state index in [0.29, 0.717) is 11.6 Å². The van der Waals surface area contributed by atoms with Crippen LogP contribution in [0.1, 0.15) is 45.4 Å². The van der Waals surface area contributed by atoms with Crippen molar-refractivity contribution in [3.8, 4) is 0 Å². The molecule has 0 saturated heterocycles. The van der Waals surface area contributed by atoms with E-state index in [9.17, 15) is 10.1 Å². The Labute approximate surface area is 119 Å². The third-order valence-electron chi connectivity index (χ3n) is 4.25. The highest BCUT2D eigenvalue weighted by Gasteiger charge is 2.25. The summed E-state index contributed by atoms with van der Waals surface area (Å²) in [5.74, 6) is 0.606. The standard InChI is InChI=1S/C15H23N3O2/c1-2-13(11-7-4-3-5-8-11)17-14-10-6-9-12(16)15(14)18(19)20/h6,9-11,13,17H,2-5,7-8,16H2,1H3. The summed E-state index contributed by atoms with van der Waals surface area (Å²) in [6.45, 7) is 2.13. The number of nitro groups is 1. The molecule has 1 atom stereocenters. The normalized spacial score (nSPS) is 17.6. The Morgan fingerprint density at radius 3 is 2.70 bits per heavy atom. The molecule has 0 bridgehead atoms. The van der Waals surface area contributed by atoms with Crippen molar-refractivity contribution in [3.05, 3.63) is 28.3 Å². The van der Waals surface area contributed by atoms with Gasteiger partial charge in [-0.1, -0.05) is 32.3 Å². The molecule has 1 aliphatic rings. The highest BCUT2D eigenvalue weighted by Crippen LogP contribution is 2.34. The number of rotatable bonds is 5. The molecule has 0 aliphatic heterocycles. The molecular weight excluding hydrogens is 254 g/mol. The molecule has 1 aromatic rings. The average molecular weight is 277 g/mol. The maximum atomic E-state index is 11.2. The van der Waals surface area contributed by atoms with Crippen molar-refractivity contribution in [2.24, 2.45) is 5.92 Å². The van der Waals surface area contributed by atoms with Crippen LogP contribution in [0.25, 0.3) is 0 Å². The monoisotopic (exact) mass is 277 g/mol. The van der Waals surface area contributed by atoms with E-state index in [0.717, 1.165) is 6.42 Å².